The van der Waals surface area contributed by atoms with E-state index < -0.39 is 5.97 Å². The predicted octanol–water partition coefficient (Wildman–Crippen LogP) is 2.85. The summed E-state index contributed by atoms with van der Waals surface area (Å²) in [6.07, 6.45) is 8.91. The fraction of sp³-hybridized carbons (Fsp3) is 0.867. The van der Waals surface area contributed by atoms with E-state index in [2.05, 4.69) is 5.32 Å². The van der Waals surface area contributed by atoms with Crippen LogP contribution in [0.25, 0.3) is 0 Å². The van der Waals surface area contributed by atoms with Gasteiger partial charge >= 0.3 is 12.0 Å². The minimum atomic E-state index is -0.880. The van der Waals surface area contributed by atoms with Crippen LogP contribution in [0.1, 0.15) is 58.3 Å². The van der Waals surface area contributed by atoms with Crippen molar-refractivity contribution in [1.82, 2.24) is 10.2 Å². The van der Waals surface area contributed by atoms with Gasteiger partial charge in [0.2, 0.25) is 0 Å². The summed E-state index contributed by atoms with van der Waals surface area (Å²) in [6, 6.07) is -0.0286. The fourth-order valence-electron chi connectivity index (χ4n) is 2.72. The van der Waals surface area contributed by atoms with E-state index in [9.17, 15) is 9.59 Å². The number of nitrogens with zero attached hydrogens (tertiary/aromatic N) is 1. The molecule has 1 fully saturated rings. The first-order chi connectivity index (χ1) is 9.49. The number of urea groups is 1. The van der Waals surface area contributed by atoms with E-state index in [1.807, 2.05) is 6.92 Å². The molecule has 0 radical (unpaired) electrons. The topological polar surface area (TPSA) is 69.6 Å². The molecule has 1 rings (SSSR count). The Kier molecular flexibility index (Phi) is 7.41. The van der Waals surface area contributed by atoms with Crippen LogP contribution in [0, 0.1) is 5.92 Å². The van der Waals surface area contributed by atoms with Crippen molar-refractivity contribution in [3.8, 4) is 0 Å². The van der Waals surface area contributed by atoms with Crippen molar-refractivity contribution < 1.29 is 14.7 Å². The molecule has 20 heavy (non-hydrogen) atoms. The van der Waals surface area contributed by atoms with Crippen LogP contribution >= 0.6 is 0 Å². The van der Waals surface area contributed by atoms with Crippen molar-refractivity contribution in [1.29, 1.82) is 0 Å². The monoisotopic (exact) mass is 284 g/mol. The molecular formula is C15H28N2O3. The molecule has 116 valence electrons. The molecule has 1 unspecified atom stereocenters. The van der Waals surface area contributed by atoms with Crippen molar-refractivity contribution in [2.24, 2.45) is 5.92 Å². The third-order valence-corrected chi connectivity index (χ3v) is 4.11. The van der Waals surface area contributed by atoms with E-state index in [4.69, 9.17) is 5.11 Å². The largest absolute Gasteiger partial charge is 0.481 e. The van der Waals surface area contributed by atoms with Gasteiger partial charge in [-0.25, -0.2) is 4.79 Å². The highest BCUT2D eigenvalue weighted by Gasteiger charge is 2.16. The minimum Gasteiger partial charge on any atom is -0.481 e. The van der Waals surface area contributed by atoms with E-state index in [1.54, 1.807) is 7.05 Å². The van der Waals surface area contributed by atoms with Crippen molar-refractivity contribution in [3.05, 3.63) is 0 Å². The number of carboxylic acids is 1. The highest BCUT2D eigenvalue weighted by Crippen LogP contribution is 2.27. The molecule has 0 aromatic carbocycles. The number of nitrogens with one attached hydrogen (secondary N) is 1. The Morgan fingerprint density at radius 3 is 2.55 bits per heavy atom. The molecule has 2 N–H and O–H groups in total. The zero-order chi connectivity index (χ0) is 15.0. The van der Waals surface area contributed by atoms with Crippen LogP contribution in [0.5, 0.6) is 0 Å². The molecule has 1 aliphatic carbocycles. The third-order valence-electron chi connectivity index (χ3n) is 4.11. The second-order valence-electron chi connectivity index (χ2n) is 6.00. The van der Waals surface area contributed by atoms with Crippen LogP contribution < -0.4 is 5.32 Å². The number of carboxylic acid groups (broad SMARTS) is 1. The second-order valence-corrected chi connectivity index (χ2v) is 6.00. The van der Waals surface area contributed by atoms with Crippen molar-refractivity contribution in [2.75, 3.05) is 13.6 Å². The average Bonchev–Trinajstić information content (AvgIpc) is 2.43. The average molecular weight is 284 g/mol. The highest BCUT2D eigenvalue weighted by atomic mass is 16.4. The molecule has 1 aliphatic rings. The Hall–Kier alpha value is -1.26. The quantitative estimate of drug-likeness (QED) is 0.755. The molecule has 0 aromatic rings. The fourth-order valence-corrected chi connectivity index (χ4v) is 2.72. The van der Waals surface area contributed by atoms with Crippen LogP contribution in [0.3, 0.4) is 0 Å². The van der Waals surface area contributed by atoms with E-state index >= 15 is 0 Å². The van der Waals surface area contributed by atoms with Gasteiger partial charge in [0.15, 0.2) is 0 Å². The first-order valence-corrected chi connectivity index (χ1v) is 7.72. The van der Waals surface area contributed by atoms with E-state index in [-0.39, 0.29) is 25.0 Å². The maximum absolute atomic E-state index is 11.8. The van der Waals surface area contributed by atoms with E-state index in [0.29, 0.717) is 0 Å². The van der Waals surface area contributed by atoms with Gasteiger partial charge in [-0.2, -0.15) is 0 Å². The molecule has 5 nitrogen and oxygen atoms in total. The van der Waals surface area contributed by atoms with Crippen molar-refractivity contribution in [3.63, 3.8) is 0 Å². The highest BCUT2D eigenvalue weighted by molar-refractivity contribution is 5.75. The first-order valence-electron chi connectivity index (χ1n) is 7.72. The van der Waals surface area contributed by atoms with Gasteiger partial charge in [0.25, 0.3) is 0 Å². The van der Waals surface area contributed by atoms with Crippen LogP contribution in [0.4, 0.5) is 4.79 Å². The summed E-state index contributed by atoms with van der Waals surface area (Å²) < 4.78 is 0. The number of amides is 2. The van der Waals surface area contributed by atoms with Crippen LogP contribution in [-0.4, -0.2) is 41.6 Å². The standard InChI is InChI=1S/C15H28N2O3/c1-12(8-9-13-6-4-3-5-7-13)16-15(20)17(2)11-10-14(18)19/h12-13H,3-11H2,1-2H3,(H,16,20)(H,18,19). The Bertz CT molecular complexity index is 314. The summed E-state index contributed by atoms with van der Waals surface area (Å²) in [6.45, 7) is 2.27. The SMILES string of the molecule is CC(CCC1CCCCC1)NC(=O)N(C)CCC(=O)O. The van der Waals surface area contributed by atoms with Gasteiger partial charge in [0, 0.05) is 19.6 Å². The Morgan fingerprint density at radius 2 is 1.95 bits per heavy atom. The van der Waals surface area contributed by atoms with Crippen molar-refractivity contribution in [2.45, 2.75) is 64.3 Å². The molecule has 0 saturated heterocycles. The molecule has 0 spiro atoms. The molecule has 1 saturated carbocycles. The molecular weight excluding hydrogens is 256 g/mol. The molecule has 0 heterocycles. The molecule has 0 aromatic heterocycles. The Labute approximate surface area is 121 Å². The molecule has 0 bridgehead atoms. The first kappa shape index (κ1) is 16.8. The summed E-state index contributed by atoms with van der Waals surface area (Å²) in [7, 11) is 1.63. The maximum atomic E-state index is 11.8. The van der Waals surface area contributed by atoms with Gasteiger partial charge in [0.05, 0.1) is 6.42 Å². The van der Waals surface area contributed by atoms with Crippen LogP contribution in [0.15, 0.2) is 0 Å². The summed E-state index contributed by atoms with van der Waals surface area (Å²) in [5, 5.41) is 11.5. The number of carbonyl (C=O) groups excluding carboxylic acids is 1. The van der Waals surface area contributed by atoms with Crippen molar-refractivity contribution >= 4 is 12.0 Å². The lowest BCUT2D eigenvalue weighted by Gasteiger charge is -2.24. The maximum Gasteiger partial charge on any atom is 0.317 e. The molecule has 5 heteroatoms. The zero-order valence-electron chi connectivity index (χ0n) is 12.7. The summed E-state index contributed by atoms with van der Waals surface area (Å²) in [5.74, 6) is -0.0529. The van der Waals surface area contributed by atoms with Gasteiger partial charge < -0.3 is 15.3 Å². The Morgan fingerprint density at radius 1 is 1.30 bits per heavy atom. The molecule has 2 amide bonds. The zero-order valence-corrected chi connectivity index (χ0v) is 12.7. The van der Waals surface area contributed by atoms with Crippen LogP contribution in [0.2, 0.25) is 0 Å². The number of carbonyl (C=O) groups is 2. The summed E-state index contributed by atoms with van der Waals surface area (Å²) in [5.41, 5.74) is 0. The molecule has 1 atom stereocenters. The third kappa shape index (κ3) is 6.78. The van der Waals surface area contributed by atoms with Gasteiger partial charge in [0.1, 0.15) is 0 Å². The van der Waals surface area contributed by atoms with Gasteiger partial charge in [-0.15, -0.1) is 0 Å². The van der Waals surface area contributed by atoms with Gasteiger partial charge in [-0.05, 0) is 25.7 Å². The lowest BCUT2D eigenvalue weighted by Crippen LogP contribution is -2.42. The number of aliphatic carboxylic acids is 1. The molecule has 0 aliphatic heterocycles. The Balaban J connectivity index is 2.17. The number of rotatable bonds is 7. The predicted molar refractivity (Wildman–Crippen MR) is 78.7 cm³/mol. The lowest BCUT2D eigenvalue weighted by molar-refractivity contribution is -0.137. The minimum absolute atomic E-state index is 0.0135. The number of hydrogen-bond acceptors (Lipinski definition) is 2. The summed E-state index contributed by atoms with van der Waals surface area (Å²) in [4.78, 5) is 23.7. The number of hydrogen-bond donors (Lipinski definition) is 2. The van der Waals surface area contributed by atoms with E-state index in [0.717, 1.165) is 12.3 Å². The van der Waals surface area contributed by atoms with Gasteiger partial charge in [-0.1, -0.05) is 32.1 Å². The smallest absolute Gasteiger partial charge is 0.317 e. The normalized spacial score (nSPS) is 17.5. The second kappa shape index (κ2) is 8.82. The summed E-state index contributed by atoms with van der Waals surface area (Å²) >= 11 is 0. The van der Waals surface area contributed by atoms with E-state index in [1.165, 1.54) is 43.4 Å². The van der Waals surface area contributed by atoms with Crippen LogP contribution in [-0.2, 0) is 4.79 Å². The lowest BCUT2D eigenvalue weighted by atomic mass is 9.85. The van der Waals surface area contributed by atoms with Gasteiger partial charge in [-0.3, -0.25) is 4.79 Å².